The number of carbonyl (C=O) groups excluding carboxylic acids is 1. The lowest BCUT2D eigenvalue weighted by molar-refractivity contribution is -0.120. The molecular weight excluding hydrogens is 344 g/mol. The Bertz CT molecular complexity index is 791. The van der Waals surface area contributed by atoms with Crippen LogP contribution in [-0.4, -0.2) is 22.1 Å². The van der Waals surface area contributed by atoms with Crippen LogP contribution in [0, 0.1) is 0 Å². The molecule has 0 aliphatic heterocycles. The van der Waals surface area contributed by atoms with Crippen LogP contribution in [0.3, 0.4) is 0 Å². The summed E-state index contributed by atoms with van der Waals surface area (Å²) < 4.78 is 0.999. The number of aromatic nitrogens is 2. The minimum atomic E-state index is -0.215. The van der Waals surface area contributed by atoms with Crippen molar-refractivity contribution in [2.24, 2.45) is 5.10 Å². The molecule has 0 fully saturated rings. The fourth-order valence-corrected chi connectivity index (χ4v) is 2.27. The average molecular weight is 357 g/mol. The molecule has 0 saturated carbocycles. The van der Waals surface area contributed by atoms with Crippen LogP contribution in [0.5, 0.6) is 0 Å². The lowest BCUT2D eigenvalue weighted by Gasteiger charge is -1.97. The van der Waals surface area contributed by atoms with Gasteiger partial charge in [0.15, 0.2) is 0 Å². The Labute approximate surface area is 135 Å². The molecule has 0 atom stereocenters. The highest BCUT2D eigenvalue weighted by Gasteiger charge is 2.07. The zero-order valence-corrected chi connectivity index (χ0v) is 13.2. The van der Waals surface area contributed by atoms with E-state index in [1.807, 2.05) is 48.5 Å². The minimum absolute atomic E-state index is 0.159. The van der Waals surface area contributed by atoms with Crippen molar-refractivity contribution in [1.29, 1.82) is 0 Å². The quantitative estimate of drug-likeness (QED) is 0.557. The van der Waals surface area contributed by atoms with Gasteiger partial charge in [0.25, 0.3) is 0 Å². The van der Waals surface area contributed by atoms with Crippen LogP contribution < -0.4 is 5.43 Å². The number of benzene rings is 2. The van der Waals surface area contributed by atoms with E-state index in [2.05, 4.69) is 36.4 Å². The van der Waals surface area contributed by atoms with E-state index in [-0.39, 0.29) is 12.3 Å². The fraction of sp³-hybridized carbons (Fsp3) is 0.0625. The van der Waals surface area contributed by atoms with Crippen molar-refractivity contribution in [2.45, 2.75) is 6.42 Å². The summed E-state index contributed by atoms with van der Waals surface area (Å²) in [4.78, 5) is 19.3. The SMILES string of the molecule is O=C(Cc1nc2ccccc2[nH]1)NN=Cc1ccc(Br)cc1. The molecule has 0 bridgehead atoms. The van der Waals surface area contributed by atoms with Gasteiger partial charge in [0.2, 0.25) is 5.91 Å². The number of aromatic amines is 1. The normalized spacial score (nSPS) is 11.1. The van der Waals surface area contributed by atoms with E-state index >= 15 is 0 Å². The molecule has 0 radical (unpaired) electrons. The van der Waals surface area contributed by atoms with Gasteiger partial charge < -0.3 is 4.98 Å². The largest absolute Gasteiger partial charge is 0.342 e. The second-order valence-corrected chi connectivity index (χ2v) is 5.64. The van der Waals surface area contributed by atoms with Crippen molar-refractivity contribution in [3.63, 3.8) is 0 Å². The Hall–Kier alpha value is -2.47. The molecule has 1 amide bonds. The Balaban J connectivity index is 1.59. The predicted octanol–water partition coefficient (Wildman–Crippen LogP) is 3.02. The second kappa shape index (κ2) is 6.53. The molecule has 110 valence electrons. The summed E-state index contributed by atoms with van der Waals surface area (Å²) in [5, 5.41) is 3.94. The first-order chi connectivity index (χ1) is 10.7. The molecule has 2 aromatic carbocycles. The summed E-state index contributed by atoms with van der Waals surface area (Å²) in [6.45, 7) is 0. The van der Waals surface area contributed by atoms with Crippen molar-refractivity contribution >= 4 is 39.1 Å². The molecule has 0 spiro atoms. The summed E-state index contributed by atoms with van der Waals surface area (Å²) >= 11 is 3.36. The Kier molecular flexibility index (Phi) is 4.29. The van der Waals surface area contributed by atoms with Crippen molar-refractivity contribution in [2.75, 3.05) is 0 Å². The maximum Gasteiger partial charge on any atom is 0.247 e. The third kappa shape index (κ3) is 3.59. The number of nitrogens with zero attached hydrogens (tertiary/aromatic N) is 2. The van der Waals surface area contributed by atoms with E-state index in [0.717, 1.165) is 21.1 Å². The number of hydrogen-bond donors (Lipinski definition) is 2. The average Bonchev–Trinajstić information content (AvgIpc) is 2.91. The highest BCUT2D eigenvalue weighted by Crippen LogP contribution is 2.10. The highest BCUT2D eigenvalue weighted by atomic mass is 79.9. The van der Waals surface area contributed by atoms with Crippen LogP contribution in [0.15, 0.2) is 58.1 Å². The van der Waals surface area contributed by atoms with Crippen LogP contribution in [0.4, 0.5) is 0 Å². The van der Waals surface area contributed by atoms with Gasteiger partial charge in [-0.2, -0.15) is 5.10 Å². The number of halogens is 1. The molecule has 0 aliphatic carbocycles. The number of nitrogens with one attached hydrogen (secondary N) is 2. The number of fused-ring (bicyclic) bond motifs is 1. The first-order valence-corrected chi connectivity index (χ1v) is 7.51. The Morgan fingerprint density at radius 3 is 2.77 bits per heavy atom. The molecule has 5 nitrogen and oxygen atoms in total. The Morgan fingerprint density at radius 2 is 2.00 bits per heavy atom. The van der Waals surface area contributed by atoms with Crippen molar-refractivity contribution < 1.29 is 4.79 Å². The third-order valence-electron chi connectivity index (χ3n) is 3.04. The number of carbonyl (C=O) groups is 1. The highest BCUT2D eigenvalue weighted by molar-refractivity contribution is 9.10. The van der Waals surface area contributed by atoms with Crippen LogP contribution in [0.25, 0.3) is 11.0 Å². The molecule has 0 aliphatic rings. The van der Waals surface area contributed by atoms with E-state index in [4.69, 9.17) is 0 Å². The lowest BCUT2D eigenvalue weighted by atomic mass is 10.2. The fourth-order valence-electron chi connectivity index (χ4n) is 2.01. The van der Waals surface area contributed by atoms with E-state index in [0.29, 0.717) is 5.82 Å². The minimum Gasteiger partial charge on any atom is -0.342 e. The Morgan fingerprint density at radius 1 is 1.23 bits per heavy atom. The number of amides is 1. The van der Waals surface area contributed by atoms with E-state index in [1.54, 1.807) is 6.21 Å². The zero-order valence-electron chi connectivity index (χ0n) is 11.6. The smallest absolute Gasteiger partial charge is 0.247 e. The van der Waals surface area contributed by atoms with Crippen LogP contribution >= 0.6 is 15.9 Å². The maximum absolute atomic E-state index is 11.8. The van der Waals surface area contributed by atoms with Crippen LogP contribution in [0.2, 0.25) is 0 Å². The molecule has 22 heavy (non-hydrogen) atoms. The standard InChI is InChI=1S/C16H13BrN4O/c17-12-7-5-11(6-8-12)10-18-21-16(22)9-15-19-13-3-1-2-4-14(13)20-15/h1-8,10H,9H2,(H,19,20)(H,21,22). The van der Waals surface area contributed by atoms with Gasteiger partial charge in [-0.3, -0.25) is 4.79 Å². The number of imidazole rings is 1. The molecule has 0 saturated heterocycles. The molecule has 0 unspecified atom stereocenters. The van der Waals surface area contributed by atoms with Gasteiger partial charge in [-0.05, 0) is 29.8 Å². The summed E-state index contributed by atoms with van der Waals surface area (Å²) in [6.07, 6.45) is 1.76. The molecule has 1 aromatic heterocycles. The van der Waals surface area contributed by atoms with Crippen LogP contribution in [-0.2, 0) is 11.2 Å². The number of hydrazone groups is 1. The summed E-state index contributed by atoms with van der Waals surface area (Å²) in [5.41, 5.74) is 5.18. The van der Waals surface area contributed by atoms with Crippen LogP contribution in [0.1, 0.15) is 11.4 Å². The first kappa shape index (κ1) is 14.5. The first-order valence-electron chi connectivity index (χ1n) is 6.72. The number of hydrogen-bond acceptors (Lipinski definition) is 3. The zero-order chi connectivity index (χ0) is 15.4. The number of H-pyrrole nitrogens is 1. The van der Waals surface area contributed by atoms with Gasteiger partial charge in [0.05, 0.1) is 23.7 Å². The summed E-state index contributed by atoms with van der Waals surface area (Å²) in [6, 6.07) is 15.3. The van der Waals surface area contributed by atoms with Gasteiger partial charge in [0, 0.05) is 4.47 Å². The molecule has 1 heterocycles. The topological polar surface area (TPSA) is 70.1 Å². The third-order valence-corrected chi connectivity index (χ3v) is 3.57. The van der Waals surface area contributed by atoms with Gasteiger partial charge in [0.1, 0.15) is 5.82 Å². The monoisotopic (exact) mass is 356 g/mol. The maximum atomic E-state index is 11.8. The number of para-hydroxylation sites is 2. The molecule has 3 aromatic rings. The van der Waals surface area contributed by atoms with Gasteiger partial charge in [-0.25, -0.2) is 10.4 Å². The van der Waals surface area contributed by atoms with Gasteiger partial charge in [-0.15, -0.1) is 0 Å². The molecule has 3 rings (SSSR count). The van der Waals surface area contributed by atoms with Gasteiger partial charge >= 0.3 is 0 Å². The summed E-state index contributed by atoms with van der Waals surface area (Å²) in [5.74, 6) is 0.407. The van der Waals surface area contributed by atoms with E-state index < -0.39 is 0 Å². The van der Waals surface area contributed by atoms with Crippen molar-refractivity contribution in [1.82, 2.24) is 15.4 Å². The van der Waals surface area contributed by atoms with E-state index in [1.165, 1.54) is 0 Å². The van der Waals surface area contributed by atoms with E-state index in [9.17, 15) is 4.79 Å². The molecule has 6 heteroatoms. The summed E-state index contributed by atoms with van der Waals surface area (Å²) in [7, 11) is 0. The predicted molar refractivity (Wildman–Crippen MR) is 89.7 cm³/mol. The molecular formula is C16H13BrN4O. The van der Waals surface area contributed by atoms with Crippen molar-refractivity contribution in [3.05, 3.63) is 64.4 Å². The second-order valence-electron chi connectivity index (χ2n) is 4.72. The number of rotatable bonds is 4. The molecule has 2 N–H and O–H groups in total. The lowest BCUT2D eigenvalue weighted by Crippen LogP contribution is -2.20. The van der Waals surface area contributed by atoms with Crippen molar-refractivity contribution in [3.8, 4) is 0 Å². The van der Waals surface area contributed by atoms with Gasteiger partial charge in [-0.1, -0.05) is 40.2 Å².